The Bertz CT molecular complexity index is 426. The topological polar surface area (TPSA) is 44.1 Å². The molecule has 0 aliphatic heterocycles. The van der Waals surface area contributed by atoms with Crippen LogP contribution in [-0.4, -0.2) is 30.2 Å². The zero-order valence-electron chi connectivity index (χ0n) is 10.1. The van der Waals surface area contributed by atoms with Crippen molar-refractivity contribution >= 4 is 17.7 Å². The van der Waals surface area contributed by atoms with Crippen molar-refractivity contribution in [3.63, 3.8) is 0 Å². The lowest BCUT2D eigenvalue weighted by atomic mass is 10.2. The third-order valence-electron chi connectivity index (χ3n) is 2.43. The van der Waals surface area contributed by atoms with Crippen LogP contribution in [-0.2, 0) is 4.79 Å². The summed E-state index contributed by atoms with van der Waals surface area (Å²) in [6.45, 7) is 2.54. The Hall–Kier alpha value is -1.47. The van der Waals surface area contributed by atoms with Crippen LogP contribution < -0.4 is 0 Å². The second-order valence-corrected chi connectivity index (χ2v) is 4.79. The number of amides is 1. The highest BCUT2D eigenvalue weighted by Crippen LogP contribution is 2.21. The van der Waals surface area contributed by atoms with E-state index < -0.39 is 0 Å². The Kier molecular flexibility index (Phi) is 5.58. The third-order valence-corrected chi connectivity index (χ3v) is 3.59. The molecule has 0 N–H and O–H groups in total. The van der Waals surface area contributed by atoms with Crippen LogP contribution in [0.2, 0.25) is 0 Å². The molecular weight excluding hydrogens is 232 g/mol. The van der Waals surface area contributed by atoms with E-state index >= 15 is 0 Å². The quantitative estimate of drug-likeness (QED) is 0.752. The molecule has 0 radical (unpaired) electrons. The second-order valence-electron chi connectivity index (χ2n) is 3.78. The van der Waals surface area contributed by atoms with Crippen molar-refractivity contribution in [1.29, 1.82) is 5.26 Å². The number of hydrogen-bond acceptors (Lipinski definition) is 3. The van der Waals surface area contributed by atoms with Gasteiger partial charge in [-0.05, 0) is 18.6 Å². The molecule has 90 valence electrons. The summed E-state index contributed by atoms with van der Waals surface area (Å²) in [5.41, 5.74) is 1.19. The van der Waals surface area contributed by atoms with Gasteiger partial charge in [0.05, 0.1) is 18.2 Å². The lowest BCUT2D eigenvalue weighted by molar-refractivity contribution is -0.127. The Labute approximate surface area is 106 Å². The Morgan fingerprint density at radius 1 is 1.47 bits per heavy atom. The van der Waals surface area contributed by atoms with Gasteiger partial charge in [-0.1, -0.05) is 18.2 Å². The zero-order valence-corrected chi connectivity index (χ0v) is 11.0. The van der Waals surface area contributed by atoms with Crippen LogP contribution in [0.5, 0.6) is 0 Å². The predicted molar refractivity (Wildman–Crippen MR) is 69.8 cm³/mol. The van der Waals surface area contributed by atoms with Crippen LogP contribution in [0.4, 0.5) is 0 Å². The van der Waals surface area contributed by atoms with Gasteiger partial charge in [0.2, 0.25) is 5.91 Å². The van der Waals surface area contributed by atoms with Gasteiger partial charge in [-0.25, -0.2) is 0 Å². The average Bonchev–Trinajstić information content (AvgIpc) is 2.34. The first-order chi connectivity index (χ1) is 8.15. The number of nitrogens with zero attached hydrogens (tertiary/aromatic N) is 2. The smallest absolute Gasteiger partial charge is 0.232 e. The van der Waals surface area contributed by atoms with Crippen molar-refractivity contribution in [3.05, 3.63) is 29.8 Å². The number of carbonyl (C=O) groups excluding carboxylic acids is 1. The van der Waals surface area contributed by atoms with Crippen molar-refractivity contribution in [1.82, 2.24) is 4.90 Å². The van der Waals surface area contributed by atoms with E-state index in [0.717, 1.165) is 4.90 Å². The minimum absolute atomic E-state index is 0.0634. The van der Waals surface area contributed by atoms with Crippen molar-refractivity contribution in [2.75, 3.05) is 19.3 Å². The predicted octanol–water partition coefficient (Wildman–Crippen LogP) is 2.46. The summed E-state index contributed by atoms with van der Waals surface area (Å²) in [6.07, 6.45) is 0.386. The molecule has 1 rings (SSSR count). The van der Waals surface area contributed by atoms with Crippen molar-refractivity contribution in [2.45, 2.75) is 18.2 Å². The molecule has 1 aromatic rings. The zero-order chi connectivity index (χ0) is 12.7. The van der Waals surface area contributed by atoms with E-state index in [4.69, 9.17) is 5.26 Å². The summed E-state index contributed by atoms with van der Waals surface area (Å²) >= 11 is 1.54. The minimum Gasteiger partial charge on any atom is -0.344 e. The first-order valence-electron chi connectivity index (χ1n) is 5.44. The van der Waals surface area contributed by atoms with Crippen LogP contribution in [0.1, 0.15) is 12.0 Å². The fraction of sp³-hybridized carbons (Fsp3) is 0.385. The maximum Gasteiger partial charge on any atom is 0.232 e. The number of thioether (sulfide) groups is 1. The molecule has 0 atom stereocenters. The van der Waals surface area contributed by atoms with E-state index in [1.807, 2.05) is 37.3 Å². The molecule has 0 fully saturated rings. The molecule has 1 aromatic carbocycles. The standard InChI is InChI=1S/C13H16N2OS/c1-11-6-3-4-7-12(11)17-10-13(16)15(2)9-5-8-14/h3-4,6-7H,5,9-10H2,1-2H3. The van der Waals surface area contributed by atoms with E-state index in [1.54, 1.807) is 23.7 Å². The van der Waals surface area contributed by atoms with E-state index in [1.165, 1.54) is 5.56 Å². The van der Waals surface area contributed by atoms with Gasteiger partial charge < -0.3 is 4.90 Å². The molecule has 1 amide bonds. The van der Waals surface area contributed by atoms with Gasteiger partial charge in [0, 0.05) is 18.5 Å². The number of nitriles is 1. The molecule has 0 saturated heterocycles. The van der Waals surface area contributed by atoms with E-state index in [2.05, 4.69) is 0 Å². The van der Waals surface area contributed by atoms with Crippen LogP contribution in [0.15, 0.2) is 29.2 Å². The van der Waals surface area contributed by atoms with Gasteiger partial charge in [-0.2, -0.15) is 5.26 Å². The highest BCUT2D eigenvalue weighted by atomic mass is 32.2. The van der Waals surface area contributed by atoms with Crippen LogP contribution in [0.25, 0.3) is 0 Å². The van der Waals surface area contributed by atoms with Gasteiger partial charge >= 0.3 is 0 Å². The van der Waals surface area contributed by atoms with Crippen LogP contribution in [0, 0.1) is 18.3 Å². The minimum atomic E-state index is 0.0634. The van der Waals surface area contributed by atoms with E-state index in [-0.39, 0.29) is 5.91 Å². The summed E-state index contributed by atoms with van der Waals surface area (Å²) < 4.78 is 0. The third kappa shape index (κ3) is 4.49. The molecular formula is C13H16N2OS. The van der Waals surface area contributed by atoms with E-state index in [0.29, 0.717) is 18.7 Å². The van der Waals surface area contributed by atoms with Gasteiger partial charge in [0.1, 0.15) is 0 Å². The molecule has 0 aliphatic carbocycles. The molecule has 0 saturated carbocycles. The summed E-state index contributed by atoms with van der Waals surface area (Å²) in [5, 5.41) is 8.45. The lowest BCUT2D eigenvalue weighted by Gasteiger charge is -2.15. The van der Waals surface area contributed by atoms with Gasteiger partial charge in [-0.3, -0.25) is 4.79 Å². The lowest BCUT2D eigenvalue weighted by Crippen LogP contribution is -2.29. The molecule has 0 aliphatic rings. The molecule has 0 unspecified atom stereocenters. The van der Waals surface area contributed by atoms with Crippen LogP contribution in [0.3, 0.4) is 0 Å². The summed E-state index contributed by atoms with van der Waals surface area (Å²) in [6, 6.07) is 10.0. The van der Waals surface area contributed by atoms with Crippen molar-refractivity contribution in [3.8, 4) is 6.07 Å². The van der Waals surface area contributed by atoms with Crippen molar-refractivity contribution < 1.29 is 4.79 Å². The van der Waals surface area contributed by atoms with Gasteiger partial charge in [0.15, 0.2) is 0 Å². The fourth-order valence-corrected chi connectivity index (χ4v) is 2.28. The van der Waals surface area contributed by atoms with E-state index in [9.17, 15) is 4.79 Å². The van der Waals surface area contributed by atoms with Crippen LogP contribution >= 0.6 is 11.8 Å². The maximum atomic E-state index is 11.7. The summed E-state index contributed by atoms with van der Waals surface area (Å²) in [5.74, 6) is 0.487. The molecule has 4 heteroatoms. The van der Waals surface area contributed by atoms with Crippen molar-refractivity contribution in [2.24, 2.45) is 0 Å². The number of rotatable bonds is 5. The average molecular weight is 248 g/mol. The maximum absolute atomic E-state index is 11.7. The first kappa shape index (κ1) is 13.6. The van der Waals surface area contributed by atoms with Gasteiger partial charge in [-0.15, -0.1) is 11.8 Å². The number of aryl methyl sites for hydroxylation is 1. The molecule has 0 spiro atoms. The Morgan fingerprint density at radius 3 is 2.82 bits per heavy atom. The highest BCUT2D eigenvalue weighted by molar-refractivity contribution is 8.00. The molecule has 0 heterocycles. The molecule has 17 heavy (non-hydrogen) atoms. The number of carbonyl (C=O) groups is 1. The normalized spacial score (nSPS) is 9.71. The monoisotopic (exact) mass is 248 g/mol. The molecule has 0 aromatic heterocycles. The molecule has 3 nitrogen and oxygen atoms in total. The number of hydrogen-bond donors (Lipinski definition) is 0. The summed E-state index contributed by atoms with van der Waals surface area (Å²) in [4.78, 5) is 14.5. The highest BCUT2D eigenvalue weighted by Gasteiger charge is 2.09. The fourth-order valence-electron chi connectivity index (χ4n) is 1.31. The Balaban J connectivity index is 2.43. The Morgan fingerprint density at radius 2 is 2.18 bits per heavy atom. The largest absolute Gasteiger partial charge is 0.344 e. The van der Waals surface area contributed by atoms with Gasteiger partial charge in [0.25, 0.3) is 0 Å². The SMILES string of the molecule is Cc1ccccc1SCC(=O)N(C)CCC#N. The molecule has 0 bridgehead atoms. The summed E-state index contributed by atoms with van der Waals surface area (Å²) in [7, 11) is 1.73. The second kappa shape index (κ2) is 6.97. The first-order valence-corrected chi connectivity index (χ1v) is 6.43. The number of benzene rings is 1.